The minimum Gasteiger partial charge on any atom is -0.495 e. The first-order chi connectivity index (χ1) is 8.29. The number of ether oxygens (including phenoxy) is 1. The highest BCUT2D eigenvalue weighted by molar-refractivity contribution is 5.58. The van der Waals surface area contributed by atoms with Crippen molar-refractivity contribution in [2.45, 2.75) is 13.5 Å². The maximum atomic E-state index is 5.31. The van der Waals surface area contributed by atoms with Crippen LogP contribution < -0.4 is 10.1 Å². The molecule has 1 N–H and O–H groups in total. The summed E-state index contributed by atoms with van der Waals surface area (Å²) in [4.78, 5) is 4.00. The zero-order valence-corrected chi connectivity index (χ0v) is 10.1. The van der Waals surface area contributed by atoms with Crippen molar-refractivity contribution in [3.8, 4) is 5.75 Å². The number of methoxy groups -OCH3 is 1. The third-order valence-electron chi connectivity index (χ3n) is 2.59. The summed E-state index contributed by atoms with van der Waals surface area (Å²) in [7, 11) is 1.68. The monoisotopic (exact) mass is 228 g/mol. The number of benzene rings is 1. The van der Waals surface area contributed by atoms with Crippen LogP contribution in [0.5, 0.6) is 5.75 Å². The molecule has 0 atom stereocenters. The van der Waals surface area contributed by atoms with Crippen LogP contribution in [-0.4, -0.2) is 12.1 Å². The summed E-state index contributed by atoms with van der Waals surface area (Å²) in [6.07, 6.45) is 3.59. The van der Waals surface area contributed by atoms with Crippen LogP contribution in [0.1, 0.15) is 11.1 Å². The highest BCUT2D eigenvalue weighted by atomic mass is 16.5. The SMILES string of the molecule is COc1ccc(C)cc1NCc1ccncc1. The molecular formula is C14H16N2O. The van der Waals surface area contributed by atoms with E-state index < -0.39 is 0 Å². The van der Waals surface area contributed by atoms with E-state index in [1.165, 1.54) is 11.1 Å². The Labute approximate surface area is 101 Å². The Kier molecular flexibility index (Phi) is 3.60. The van der Waals surface area contributed by atoms with E-state index in [1.807, 2.05) is 24.3 Å². The Morgan fingerprint density at radius 3 is 2.65 bits per heavy atom. The fraction of sp³-hybridized carbons (Fsp3) is 0.214. The lowest BCUT2D eigenvalue weighted by atomic mass is 10.2. The molecule has 0 radical (unpaired) electrons. The predicted octanol–water partition coefficient (Wildman–Crippen LogP) is 3.01. The zero-order valence-electron chi connectivity index (χ0n) is 10.1. The lowest BCUT2D eigenvalue weighted by Gasteiger charge is -2.11. The second kappa shape index (κ2) is 5.34. The summed E-state index contributed by atoms with van der Waals surface area (Å²) in [6.45, 7) is 2.83. The first kappa shape index (κ1) is 11.5. The Bertz CT molecular complexity index is 483. The summed E-state index contributed by atoms with van der Waals surface area (Å²) >= 11 is 0. The zero-order chi connectivity index (χ0) is 12.1. The van der Waals surface area contributed by atoms with Gasteiger partial charge in [-0.05, 0) is 42.3 Å². The summed E-state index contributed by atoms with van der Waals surface area (Å²) in [5.41, 5.74) is 3.43. The van der Waals surface area contributed by atoms with E-state index >= 15 is 0 Å². The second-order valence-electron chi connectivity index (χ2n) is 3.91. The molecule has 0 saturated heterocycles. The van der Waals surface area contributed by atoms with E-state index in [9.17, 15) is 0 Å². The van der Waals surface area contributed by atoms with Crippen molar-refractivity contribution in [1.82, 2.24) is 4.98 Å². The van der Waals surface area contributed by atoms with Crippen molar-refractivity contribution < 1.29 is 4.74 Å². The van der Waals surface area contributed by atoms with Crippen LogP contribution in [0, 0.1) is 6.92 Å². The van der Waals surface area contributed by atoms with Crippen LogP contribution in [0.25, 0.3) is 0 Å². The lowest BCUT2D eigenvalue weighted by molar-refractivity contribution is 0.416. The summed E-state index contributed by atoms with van der Waals surface area (Å²) < 4.78 is 5.31. The molecule has 2 rings (SSSR count). The van der Waals surface area contributed by atoms with Gasteiger partial charge in [-0.3, -0.25) is 4.98 Å². The smallest absolute Gasteiger partial charge is 0.141 e. The summed E-state index contributed by atoms with van der Waals surface area (Å²) in [5.74, 6) is 0.865. The number of pyridine rings is 1. The van der Waals surface area contributed by atoms with Gasteiger partial charge >= 0.3 is 0 Å². The fourth-order valence-corrected chi connectivity index (χ4v) is 1.66. The molecule has 2 aromatic rings. The van der Waals surface area contributed by atoms with Crippen molar-refractivity contribution in [2.24, 2.45) is 0 Å². The number of nitrogens with one attached hydrogen (secondary N) is 1. The van der Waals surface area contributed by atoms with Crippen LogP contribution in [0.3, 0.4) is 0 Å². The number of hydrogen-bond donors (Lipinski definition) is 1. The lowest BCUT2D eigenvalue weighted by Crippen LogP contribution is -2.01. The van der Waals surface area contributed by atoms with E-state index in [0.717, 1.165) is 18.0 Å². The van der Waals surface area contributed by atoms with Crippen molar-refractivity contribution in [1.29, 1.82) is 0 Å². The molecule has 1 heterocycles. The third kappa shape index (κ3) is 2.97. The fourth-order valence-electron chi connectivity index (χ4n) is 1.66. The molecular weight excluding hydrogens is 212 g/mol. The van der Waals surface area contributed by atoms with Crippen LogP contribution in [-0.2, 0) is 6.54 Å². The van der Waals surface area contributed by atoms with Gasteiger partial charge in [-0.15, -0.1) is 0 Å². The number of rotatable bonds is 4. The maximum Gasteiger partial charge on any atom is 0.141 e. The Hall–Kier alpha value is -2.03. The highest BCUT2D eigenvalue weighted by Gasteiger charge is 2.02. The van der Waals surface area contributed by atoms with Gasteiger partial charge < -0.3 is 10.1 Å². The van der Waals surface area contributed by atoms with E-state index in [0.29, 0.717) is 0 Å². The van der Waals surface area contributed by atoms with Crippen molar-refractivity contribution >= 4 is 5.69 Å². The van der Waals surface area contributed by atoms with Gasteiger partial charge in [0.25, 0.3) is 0 Å². The molecule has 0 spiro atoms. The number of nitrogens with zero attached hydrogens (tertiary/aromatic N) is 1. The van der Waals surface area contributed by atoms with Crippen LogP contribution in [0.2, 0.25) is 0 Å². The first-order valence-corrected chi connectivity index (χ1v) is 5.57. The molecule has 0 fully saturated rings. The van der Waals surface area contributed by atoms with Gasteiger partial charge in [-0.25, -0.2) is 0 Å². The number of aryl methyl sites for hydroxylation is 1. The molecule has 0 bridgehead atoms. The summed E-state index contributed by atoms with van der Waals surface area (Å²) in [5, 5.41) is 3.37. The minimum atomic E-state index is 0.766. The normalized spacial score (nSPS) is 10.0. The van der Waals surface area contributed by atoms with Crippen molar-refractivity contribution in [2.75, 3.05) is 12.4 Å². The average Bonchev–Trinajstić information content (AvgIpc) is 2.38. The first-order valence-electron chi connectivity index (χ1n) is 5.57. The molecule has 0 amide bonds. The molecule has 0 unspecified atom stereocenters. The van der Waals surface area contributed by atoms with Crippen molar-refractivity contribution in [3.05, 3.63) is 53.9 Å². The molecule has 0 aliphatic rings. The molecule has 0 aliphatic carbocycles. The van der Waals surface area contributed by atoms with E-state index in [4.69, 9.17) is 4.74 Å². The number of hydrogen-bond acceptors (Lipinski definition) is 3. The minimum absolute atomic E-state index is 0.766. The van der Waals surface area contributed by atoms with E-state index in [-0.39, 0.29) is 0 Å². The summed E-state index contributed by atoms with van der Waals surface area (Å²) in [6, 6.07) is 10.1. The highest BCUT2D eigenvalue weighted by Crippen LogP contribution is 2.25. The predicted molar refractivity (Wildman–Crippen MR) is 69.3 cm³/mol. The topological polar surface area (TPSA) is 34.1 Å². The van der Waals surface area contributed by atoms with Gasteiger partial charge in [-0.2, -0.15) is 0 Å². The van der Waals surface area contributed by atoms with Crippen LogP contribution in [0.4, 0.5) is 5.69 Å². The van der Waals surface area contributed by atoms with Gasteiger partial charge in [-0.1, -0.05) is 6.07 Å². The van der Waals surface area contributed by atoms with E-state index in [1.54, 1.807) is 19.5 Å². The van der Waals surface area contributed by atoms with Gasteiger partial charge in [0, 0.05) is 18.9 Å². The standard InChI is InChI=1S/C14H16N2O/c1-11-3-4-14(17-2)13(9-11)16-10-12-5-7-15-8-6-12/h3-9,16H,10H2,1-2H3. The molecule has 1 aromatic heterocycles. The third-order valence-corrected chi connectivity index (χ3v) is 2.59. The number of anilines is 1. The average molecular weight is 228 g/mol. The van der Waals surface area contributed by atoms with Crippen LogP contribution >= 0.6 is 0 Å². The van der Waals surface area contributed by atoms with Crippen LogP contribution in [0.15, 0.2) is 42.7 Å². The number of aromatic nitrogens is 1. The maximum absolute atomic E-state index is 5.31. The van der Waals surface area contributed by atoms with Gasteiger partial charge in [0.15, 0.2) is 0 Å². The van der Waals surface area contributed by atoms with Gasteiger partial charge in [0.2, 0.25) is 0 Å². The second-order valence-corrected chi connectivity index (χ2v) is 3.91. The quantitative estimate of drug-likeness (QED) is 0.873. The Morgan fingerprint density at radius 1 is 1.18 bits per heavy atom. The molecule has 88 valence electrons. The molecule has 0 aliphatic heterocycles. The largest absolute Gasteiger partial charge is 0.495 e. The molecule has 17 heavy (non-hydrogen) atoms. The van der Waals surface area contributed by atoms with Gasteiger partial charge in [0.1, 0.15) is 5.75 Å². The molecule has 3 heteroatoms. The van der Waals surface area contributed by atoms with E-state index in [2.05, 4.69) is 23.3 Å². The van der Waals surface area contributed by atoms with Gasteiger partial charge in [0.05, 0.1) is 12.8 Å². The van der Waals surface area contributed by atoms with Crippen molar-refractivity contribution in [3.63, 3.8) is 0 Å². The molecule has 1 aromatic carbocycles. The Morgan fingerprint density at radius 2 is 1.94 bits per heavy atom. The molecule has 0 saturated carbocycles. The Balaban J connectivity index is 2.11. The molecule has 3 nitrogen and oxygen atoms in total.